The smallest absolute Gasteiger partial charge is 0.272 e. The molecule has 5 aromatic rings. The molecule has 0 aliphatic carbocycles. The summed E-state index contributed by atoms with van der Waals surface area (Å²) in [4.78, 5) is 43.9. The largest absolute Gasteiger partial charge is 0.497 e. The van der Waals surface area contributed by atoms with Crippen LogP contribution in [0.4, 0.5) is 15.2 Å². The zero-order chi connectivity index (χ0) is 31.6. The van der Waals surface area contributed by atoms with Crippen molar-refractivity contribution in [2.75, 3.05) is 23.5 Å². The van der Waals surface area contributed by atoms with E-state index in [0.717, 1.165) is 21.9 Å². The first-order valence-electron chi connectivity index (χ1n) is 13.6. The number of methoxy groups -OCH3 is 1. The molecule has 0 unspecified atom stereocenters. The van der Waals surface area contributed by atoms with Crippen LogP contribution in [0.5, 0.6) is 5.75 Å². The second kappa shape index (κ2) is 15.0. The molecular weight excluding hydrogens is 612 g/mol. The third kappa shape index (κ3) is 8.65. The number of anilines is 2. The van der Waals surface area contributed by atoms with E-state index in [0.29, 0.717) is 16.4 Å². The second-order valence-corrected chi connectivity index (χ2v) is 11.4. The van der Waals surface area contributed by atoms with Crippen LogP contribution in [0, 0.1) is 5.82 Å². The summed E-state index contributed by atoms with van der Waals surface area (Å²) in [5.41, 5.74) is 2.51. The fourth-order valence-corrected chi connectivity index (χ4v) is 5.49. The highest BCUT2D eigenvalue weighted by atomic mass is 32.2. The first kappa shape index (κ1) is 31.2. The van der Waals surface area contributed by atoms with Crippen LogP contribution >= 0.6 is 23.1 Å². The molecule has 0 fully saturated rings. The Morgan fingerprint density at radius 1 is 0.889 bits per heavy atom. The highest BCUT2D eigenvalue weighted by Gasteiger charge is 2.16. The van der Waals surface area contributed by atoms with E-state index < -0.39 is 17.6 Å². The van der Waals surface area contributed by atoms with E-state index in [4.69, 9.17) is 4.74 Å². The van der Waals surface area contributed by atoms with Gasteiger partial charge in [-0.25, -0.2) is 9.37 Å². The summed E-state index contributed by atoms with van der Waals surface area (Å²) >= 11 is 2.67. The zero-order valence-corrected chi connectivity index (χ0v) is 25.6. The third-order valence-electron chi connectivity index (χ3n) is 6.35. The quantitative estimate of drug-likeness (QED) is 0.105. The summed E-state index contributed by atoms with van der Waals surface area (Å²) in [6, 6.07) is 28.8. The van der Waals surface area contributed by atoms with Gasteiger partial charge in [0.25, 0.3) is 11.8 Å². The maximum atomic E-state index is 14.4. The first-order chi connectivity index (χ1) is 21.9. The predicted octanol–water partition coefficient (Wildman–Crippen LogP) is 7.10. The topological polar surface area (TPSA) is 109 Å². The lowest BCUT2D eigenvalue weighted by molar-refractivity contribution is -0.114. The number of rotatable bonds is 11. The molecule has 0 atom stereocenters. The Hall–Kier alpha value is -5.26. The number of thioether (sulfide) groups is 1. The van der Waals surface area contributed by atoms with E-state index >= 15 is 0 Å². The Bertz CT molecular complexity index is 1830. The average molecular weight is 639 g/mol. The zero-order valence-electron chi connectivity index (χ0n) is 24.0. The number of thiazole rings is 1. The lowest BCUT2D eigenvalue weighted by Gasteiger charge is -2.12. The van der Waals surface area contributed by atoms with Crippen molar-refractivity contribution in [3.8, 4) is 17.0 Å². The number of hydrogen-bond acceptors (Lipinski definition) is 7. The van der Waals surface area contributed by atoms with Crippen molar-refractivity contribution >= 4 is 57.7 Å². The maximum absolute atomic E-state index is 14.4. The van der Waals surface area contributed by atoms with Gasteiger partial charge in [0, 0.05) is 32.7 Å². The lowest BCUT2D eigenvalue weighted by Crippen LogP contribution is -2.30. The Morgan fingerprint density at radius 2 is 1.60 bits per heavy atom. The average Bonchev–Trinajstić information content (AvgIpc) is 3.53. The van der Waals surface area contributed by atoms with Crippen molar-refractivity contribution < 1.29 is 23.5 Å². The molecule has 4 aromatic carbocycles. The summed E-state index contributed by atoms with van der Waals surface area (Å²) in [7, 11) is 1.61. The number of aromatic nitrogens is 1. The maximum Gasteiger partial charge on any atom is 0.272 e. The minimum atomic E-state index is -0.625. The molecule has 0 radical (unpaired) electrons. The number of ether oxygens (including phenoxy) is 1. The Labute approximate surface area is 267 Å². The van der Waals surface area contributed by atoms with E-state index in [1.807, 2.05) is 29.6 Å². The fourth-order valence-electron chi connectivity index (χ4n) is 4.05. The monoisotopic (exact) mass is 638 g/mol. The standard InChI is InChI=1S/C34H27FN4O4S2/c1-43-26-15-11-22(12-16-26)30-20-45-34(38-30)39-31(40)21-44-27-17-13-25(14-18-27)36-33(42)29(19-24-9-5-6-10-28(24)35)37-32(41)23-7-3-2-4-8-23/h2-20H,21H2,1H3,(H,36,42)(H,37,41)(H,38,39,40)/b29-19-. The summed E-state index contributed by atoms with van der Waals surface area (Å²) in [6.45, 7) is 0. The van der Waals surface area contributed by atoms with Gasteiger partial charge in [-0.15, -0.1) is 23.1 Å². The van der Waals surface area contributed by atoms with Crippen LogP contribution in [-0.2, 0) is 9.59 Å². The Morgan fingerprint density at radius 3 is 2.31 bits per heavy atom. The van der Waals surface area contributed by atoms with Crippen molar-refractivity contribution in [3.05, 3.63) is 131 Å². The van der Waals surface area contributed by atoms with Gasteiger partial charge in [0.1, 0.15) is 17.3 Å². The summed E-state index contributed by atoms with van der Waals surface area (Å²) in [5, 5.41) is 10.5. The normalized spacial score (nSPS) is 11.0. The van der Waals surface area contributed by atoms with E-state index in [-0.39, 0.29) is 22.9 Å². The molecule has 0 aliphatic rings. The molecule has 3 N–H and O–H groups in total. The van der Waals surface area contributed by atoms with Crippen LogP contribution in [-0.4, -0.2) is 35.6 Å². The molecule has 0 saturated heterocycles. The molecule has 45 heavy (non-hydrogen) atoms. The number of carbonyl (C=O) groups excluding carboxylic acids is 3. The molecule has 5 rings (SSSR count). The van der Waals surface area contributed by atoms with Crippen LogP contribution in [0.3, 0.4) is 0 Å². The van der Waals surface area contributed by atoms with Gasteiger partial charge >= 0.3 is 0 Å². The van der Waals surface area contributed by atoms with Gasteiger partial charge in [0.05, 0.1) is 18.6 Å². The summed E-state index contributed by atoms with van der Waals surface area (Å²) in [5.74, 6) is -0.958. The molecular formula is C34H27FN4O4S2. The van der Waals surface area contributed by atoms with Crippen LogP contribution < -0.4 is 20.7 Å². The summed E-state index contributed by atoms with van der Waals surface area (Å²) < 4.78 is 19.6. The van der Waals surface area contributed by atoms with Crippen molar-refractivity contribution in [1.29, 1.82) is 0 Å². The Kier molecular flexibility index (Phi) is 10.4. The van der Waals surface area contributed by atoms with Gasteiger partial charge in [-0.05, 0) is 72.8 Å². The Balaban J connectivity index is 1.18. The van der Waals surface area contributed by atoms with Gasteiger partial charge in [-0.3, -0.25) is 14.4 Å². The molecule has 0 bridgehead atoms. The molecule has 0 saturated carbocycles. The van der Waals surface area contributed by atoms with Gasteiger partial charge in [0.2, 0.25) is 5.91 Å². The van der Waals surface area contributed by atoms with Crippen molar-refractivity contribution in [3.63, 3.8) is 0 Å². The number of benzene rings is 4. The number of carbonyl (C=O) groups is 3. The molecule has 11 heteroatoms. The molecule has 3 amide bonds. The highest BCUT2D eigenvalue weighted by Crippen LogP contribution is 2.27. The van der Waals surface area contributed by atoms with Crippen LogP contribution in [0.1, 0.15) is 15.9 Å². The number of halogens is 1. The van der Waals surface area contributed by atoms with Crippen LogP contribution in [0.25, 0.3) is 17.3 Å². The molecule has 8 nitrogen and oxygen atoms in total. The van der Waals surface area contributed by atoms with Crippen LogP contribution in [0.2, 0.25) is 0 Å². The number of hydrogen-bond donors (Lipinski definition) is 3. The molecule has 226 valence electrons. The minimum absolute atomic E-state index is 0.124. The molecule has 0 spiro atoms. The minimum Gasteiger partial charge on any atom is -0.497 e. The third-order valence-corrected chi connectivity index (χ3v) is 8.12. The van der Waals surface area contributed by atoms with Gasteiger partial charge < -0.3 is 20.7 Å². The van der Waals surface area contributed by atoms with Gasteiger partial charge in [0.15, 0.2) is 5.13 Å². The van der Waals surface area contributed by atoms with Crippen LogP contribution in [0.15, 0.2) is 119 Å². The lowest BCUT2D eigenvalue weighted by atomic mass is 10.1. The van der Waals surface area contributed by atoms with Crippen molar-refractivity contribution in [2.45, 2.75) is 4.90 Å². The second-order valence-electron chi connectivity index (χ2n) is 9.48. The van der Waals surface area contributed by atoms with E-state index in [1.54, 1.807) is 67.8 Å². The first-order valence-corrected chi connectivity index (χ1v) is 15.5. The molecule has 1 heterocycles. The predicted molar refractivity (Wildman–Crippen MR) is 177 cm³/mol. The van der Waals surface area contributed by atoms with E-state index in [2.05, 4.69) is 20.9 Å². The van der Waals surface area contributed by atoms with Crippen molar-refractivity contribution in [1.82, 2.24) is 10.3 Å². The number of nitrogens with zero attached hydrogens (tertiary/aromatic N) is 1. The van der Waals surface area contributed by atoms with E-state index in [1.165, 1.54) is 47.4 Å². The number of nitrogens with one attached hydrogen (secondary N) is 3. The van der Waals surface area contributed by atoms with Gasteiger partial charge in [-0.2, -0.15) is 0 Å². The van der Waals surface area contributed by atoms with Gasteiger partial charge in [-0.1, -0.05) is 36.4 Å². The van der Waals surface area contributed by atoms with E-state index in [9.17, 15) is 18.8 Å². The fraction of sp³-hybridized carbons (Fsp3) is 0.0588. The number of amides is 3. The molecule has 1 aromatic heterocycles. The highest BCUT2D eigenvalue weighted by molar-refractivity contribution is 8.00. The van der Waals surface area contributed by atoms with Crippen molar-refractivity contribution in [2.24, 2.45) is 0 Å². The molecule has 0 aliphatic heterocycles. The summed E-state index contributed by atoms with van der Waals surface area (Å²) in [6.07, 6.45) is 1.29. The SMILES string of the molecule is COc1ccc(-c2csc(NC(=O)CSc3ccc(NC(=O)/C(=C/c4ccccc4F)NC(=O)c4ccccc4)cc3)n2)cc1.